The fraction of sp³-hybridized carbons (Fsp3) is 0.304. The fourth-order valence-electron chi connectivity index (χ4n) is 3.81. The van der Waals surface area contributed by atoms with Gasteiger partial charge in [0.05, 0.1) is 11.1 Å². The quantitative estimate of drug-likeness (QED) is 0.724. The molecular formula is C23H25FN4O. The van der Waals surface area contributed by atoms with E-state index in [1.165, 1.54) is 17.8 Å². The van der Waals surface area contributed by atoms with E-state index in [-0.39, 0.29) is 11.7 Å². The van der Waals surface area contributed by atoms with Gasteiger partial charge >= 0.3 is 0 Å². The molecule has 6 heteroatoms. The number of aryl methyl sites for hydroxylation is 1. The molecule has 0 aliphatic carbocycles. The number of hydrogen-bond acceptors (Lipinski definition) is 4. The van der Waals surface area contributed by atoms with Gasteiger partial charge < -0.3 is 10.2 Å². The molecule has 2 heterocycles. The molecule has 0 radical (unpaired) electrons. The fourth-order valence-corrected chi connectivity index (χ4v) is 3.81. The number of hydrogen-bond donors (Lipinski definition) is 1. The lowest BCUT2D eigenvalue weighted by Gasteiger charge is -2.36. The standard InChI is InChI=1S/C23H25FN4O/c1-17-15-21(20-8-7-18(24)16-22(20)26-17)23(29)25-9-10-27-11-13-28(14-12-27)19-5-3-2-4-6-19/h2-8,15-16H,9-14H2,1H3,(H,25,29). The molecule has 0 atom stereocenters. The van der Waals surface area contributed by atoms with Gasteiger partial charge in [-0.15, -0.1) is 0 Å². The molecule has 29 heavy (non-hydrogen) atoms. The Morgan fingerprint density at radius 3 is 2.59 bits per heavy atom. The predicted octanol–water partition coefficient (Wildman–Crippen LogP) is 3.23. The van der Waals surface area contributed by atoms with Gasteiger partial charge in [0.2, 0.25) is 0 Å². The molecule has 1 saturated heterocycles. The van der Waals surface area contributed by atoms with Crippen LogP contribution < -0.4 is 10.2 Å². The van der Waals surface area contributed by atoms with E-state index in [4.69, 9.17) is 0 Å². The lowest BCUT2D eigenvalue weighted by molar-refractivity contribution is 0.0949. The van der Waals surface area contributed by atoms with E-state index in [2.05, 4.69) is 44.4 Å². The van der Waals surface area contributed by atoms with Crippen molar-refractivity contribution in [2.24, 2.45) is 0 Å². The number of para-hydroxylation sites is 1. The van der Waals surface area contributed by atoms with Crippen LogP contribution in [-0.2, 0) is 0 Å². The number of rotatable bonds is 5. The minimum absolute atomic E-state index is 0.143. The summed E-state index contributed by atoms with van der Waals surface area (Å²) in [6.07, 6.45) is 0. The van der Waals surface area contributed by atoms with E-state index >= 15 is 0 Å². The number of anilines is 1. The first kappa shape index (κ1) is 19.3. The van der Waals surface area contributed by atoms with E-state index in [9.17, 15) is 9.18 Å². The van der Waals surface area contributed by atoms with Crippen LogP contribution in [-0.4, -0.2) is 55.1 Å². The number of halogens is 1. The molecule has 1 fully saturated rings. The van der Waals surface area contributed by atoms with Crippen LogP contribution in [0.2, 0.25) is 0 Å². The molecule has 3 aromatic rings. The molecule has 0 saturated carbocycles. The summed E-state index contributed by atoms with van der Waals surface area (Å²) >= 11 is 0. The van der Waals surface area contributed by atoms with Crippen molar-refractivity contribution in [3.05, 3.63) is 71.7 Å². The second kappa shape index (κ2) is 8.57. The van der Waals surface area contributed by atoms with Crippen LogP contribution in [0.25, 0.3) is 10.9 Å². The topological polar surface area (TPSA) is 48.5 Å². The Bertz CT molecular complexity index is 995. The summed E-state index contributed by atoms with van der Waals surface area (Å²) < 4.78 is 13.5. The van der Waals surface area contributed by atoms with Gasteiger partial charge in [-0.2, -0.15) is 0 Å². The van der Waals surface area contributed by atoms with Gasteiger partial charge in [-0.1, -0.05) is 18.2 Å². The third-order valence-corrected chi connectivity index (χ3v) is 5.35. The highest BCUT2D eigenvalue weighted by molar-refractivity contribution is 6.06. The Morgan fingerprint density at radius 2 is 1.83 bits per heavy atom. The molecule has 4 rings (SSSR count). The number of amides is 1. The molecule has 1 N–H and O–H groups in total. The molecule has 1 aromatic heterocycles. The van der Waals surface area contributed by atoms with Crippen LogP contribution in [0.5, 0.6) is 0 Å². The van der Waals surface area contributed by atoms with Crippen molar-refractivity contribution in [2.75, 3.05) is 44.2 Å². The highest BCUT2D eigenvalue weighted by atomic mass is 19.1. The number of carbonyl (C=O) groups is 1. The molecular weight excluding hydrogens is 367 g/mol. The lowest BCUT2D eigenvalue weighted by Crippen LogP contribution is -2.48. The van der Waals surface area contributed by atoms with Crippen molar-refractivity contribution in [1.29, 1.82) is 0 Å². The van der Waals surface area contributed by atoms with Crippen LogP contribution >= 0.6 is 0 Å². The van der Waals surface area contributed by atoms with Gasteiger partial charge in [0.1, 0.15) is 5.82 Å². The molecule has 1 aliphatic rings. The number of nitrogens with zero attached hydrogens (tertiary/aromatic N) is 3. The zero-order chi connectivity index (χ0) is 20.2. The summed E-state index contributed by atoms with van der Waals surface area (Å²) in [5.74, 6) is -0.494. The van der Waals surface area contributed by atoms with Gasteiger partial charge in [0.25, 0.3) is 5.91 Å². The van der Waals surface area contributed by atoms with Gasteiger partial charge in [0.15, 0.2) is 0 Å². The van der Waals surface area contributed by atoms with Crippen LogP contribution in [0.4, 0.5) is 10.1 Å². The van der Waals surface area contributed by atoms with Crippen LogP contribution in [0.3, 0.4) is 0 Å². The van der Waals surface area contributed by atoms with Gasteiger partial charge in [-0.05, 0) is 37.3 Å². The van der Waals surface area contributed by atoms with Gasteiger partial charge in [-0.3, -0.25) is 14.7 Å². The molecule has 1 aliphatic heterocycles. The Balaban J connectivity index is 1.31. The van der Waals surface area contributed by atoms with Gasteiger partial charge in [0, 0.05) is 62.1 Å². The monoisotopic (exact) mass is 392 g/mol. The van der Waals surface area contributed by atoms with E-state index in [1.807, 2.05) is 13.0 Å². The molecule has 0 spiro atoms. The van der Waals surface area contributed by atoms with Crippen molar-refractivity contribution >= 4 is 22.5 Å². The van der Waals surface area contributed by atoms with Crippen molar-refractivity contribution < 1.29 is 9.18 Å². The van der Waals surface area contributed by atoms with Crippen molar-refractivity contribution in [1.82, 2.24) is 15.2 Å². The molecule has 0 bridgehead atoms. The summed E-state index contributed by atoms with van der Waals surface area (Å²) in [6, 6.07) is 16.6. The van der Waals surface area contributed by atoms with E-state index in [1.54, 1.807) is 12.1 Å². The van der Waals surface area contributed by atoms with Gasteiger partial charge in [-0.25, -0.2) is 4.39 Å². The Kier molecular flexibility index (Phi) is 5.71. The third kappa shape index (κ3) is 4.54. The maximum Gasteiger partial charge on any atom is 0.252 e. The van der Waals surface area contributed by atoms with Crippen molar-refractivity contribution in [3.63, 3.8) is 0 Å². The first-order chi connectivity index (χ1) is 14.1. The summed E-state index contributed by atoms with van der Waals surface area (Å²) in [5, 5.41) is 3.68. The average Bonchev–Trinajstić information content (AvgIpc) is 2.74. The lowest BCUT2D eigenvalue weighted by atomic mass is 10.1. The molecule has 2 aromatic carbocycles. The van der Waals surface area contributed by atoms with Crippen molar-refractivity contribution in [3.8, 4) is 0 Å². The number of fused-ring (bicyclic) bond motifs is 1. The summed E-state index contributed by atoms with van der Waals surface area (Å²) in [7, 11) is 0. The Hall–Kier alpha value is -2.99. The zero-order valence-electron chi connectivity index (χ0n) is 16.6. The first-order valence-corrected chi connectivity index (χ1v) is 9.97. The summed E-state index contributed by atoms with van der Waals surface area (Å²) in [4.78, 5) is 21.8. The minimum Gasteiger partial charge on any atom is -0.369 e. The number of benzene rings is 2. The third-order valence-electron chi connectivity index (χ3n) is 5.35. The second-order valence-electron chi connectivity index (χ2n) is 7.39. The molecule has 0 unspecified atom stereocenters. The summed E-state index contributed by atoms with van der Waals surface area (Å²) in [5.41, 5.74) is 3.01. The SMILES string of the molecule is Cc1cc(C(=O)NCCN2CCN(c3ccccc3)CC2)c2ccc(F)cc2n1. The smallest absolute Gasteiger partial charge is 0.252 e. The number of carbonyl (C=O) groups excluding carboxylic acids is 1. The Labute approximate surface area is 170 Å². The second-order valence-corrected chi connectivity index (χ2v) is 7.39. The van der Waals surface area contributed by atoms with Crippen LogP contribution in [0, 0.1) is 12.7 Å². The normalized spacial score (nSPS) is 14.9. The maximum atomic E-state index is 13.5. The highest BCUT2D eigenvalue weighted by Crippen LogP contribution is 2.20. The largest absolute Gasteiger partial charge is 0.369 e. The molecule has 1 amide bonds. The first-order valence-electron chi connectivity index (χ1n) is 9.97. The van der Waals surface area contributed by atoms with E-state index in [0.29, 0.717) is 28.7 Å². The number of nitrogens with one attached hydrogen (secondary N) is 1. The maximum absolute atomic E-state index is 13.5. The highest BCUT2D eigenvalue weighted by Gasteiger charge is 2.17. The summed E-state index contributed by atoms with van der Waals surface area (Å²) in [6.45, 7) is 7.12. The van der Waals surface area contributed by atoms with Crippen molar-refractivity contribution in [2.45, 2.75) is 6.92 Å². The average molecular weight is 392 g/mol. The zero-order valence-corrected chi connectivity index (χ0v) is 16.6. The predicted molar refractivity (Wildman–Crippen MR) is 114 cm³/mol. The number of pyridine rings is 1. The van der Waals surface area contributed by atoms with Crippen LogP contribution in [0.1, 0.15) is 16.1 Å². The van der Waals surface area contributed by atoms with Crippen LogP contribution in [0.15, 0.2) is 54.6 Å². The van der Waals surface area contributed by atoms with E-state index in [0.717, 1.165) is 32.7 Å². The van der Waals surface area contributed by atoms with E-state index < -0.39 is 0 Å². The minimum atomic E-state index is -0.350. The molecule has 5 nitrogen and oxygen atoms in total. The number of piperazine rings is 1. The number of aromatic nitrogens is 1. The molecule has 150 valence electrons. The Morgan fingerprint density at radius 1 is 1.07 bits per heavy atom.